The summed E-state index contributed by atoms with van der Waals surface area (Å²) in [7, 11) is 0. The zero-order valence-corrected chi connectivity index (χ0v) is 12.1. The predicted molar refractivity (Wildman–Crippen MR) is 79.4 cm³/mol. The number of fused-ring (bicyclic) bond motifs is 1. The first kappa shape index (κ1) is 15.0. The molecular weight excluding hydrogens is 266 g/mol. The number of aliphatic carboxylic acids is 1. The van der Waals surface area contributed by atoms with Gasteiger partial charge in [-0.2, -0.15) is 0 Å². The van der Waals surface area contributed by atoms with Gasteiger partial charge < -0.3 is 15.2 Å². The maximum Gasteiger partial charge on any atom is 0.224 e. The highest BCUT2D eigenvalue weighted by Crippen LogP contribution is 2.19. The smallest absolute Gasteiger partial charge is 0.224 e. The van der Waals surface area contributed by atoms with Crippen LogP contribution in [-0.4, -0.2) is 17.9 Å². The van der Waals surface area contributed by atoms with Gasteiger partial charge >= 0.3 is 0 Å². The summed E-state index contributed by atoms with van der Waals surface area (Å²) in [6.45, 7) is 3.47. The molecule has 0 aliphatic heterocycles. The molecule has 0 saturated heterocycles. The monoisotopic (exact) mass is 284 g/mol. The van der Waals surface area contributed by atoms with Crippen molar-refractivity contribution in [2.75, 3.05) is 0 Å². The highest BCUT2D eigenvalue weighted by atomic mass is 16.4. The van der Waals surface area contributed by atoms with Crippen LogP contribution in [0, 0.1) is 5.92 Å². The van der Waals surface area contributed by atoms with E-state index in [0.29, 0.717) is 0 Å². The molecule has 1 N–H and O–H groups in total. The molecule has 110 valence electrons. The van der Waals surface area contributed by atoms with E-state index in [1.165, 1.54) is 0 Å². The first-order valence-corrected chi connectivity index (χ1v) is 6.96. The van der Waals surface area contributed by atoms with Gasteiger partial charge in [0.15, 0.2) is 0 Å². The summed E-state index contributed by atoms with van der Waals surface area (Å²) in [6, 6.07) is 12.6. The number of carbonyl (C=O) groups is 2. The van der Waals surface area contributed by atoms with Gasteiger partial charge in [-0.25, -0.2) is 0 Å². The second-order valence-electron chi connectivity index (χ2n) is 5.42. The Hall–Kier alpha value is -2.36. The average molecular weight is 284 g/mol. The largest absolute Gasteiger partial charge is 0.548 e. The van der Waals surface area contributed by atoms with Crippen LogP contribution < -0.4 is 10.4 Å². The second kappa shape index (κ2) is 6.39. The third kappa shape index (κ3) is 3.60. The molecule has 0 fully saturated rings. The molecular formula is C17H18NO3-. The summed E-state index contributed by atoms with van der Waals surface area (Å²) in [4.78, 5) is 23.1. The molecule has 0 aromatic heterocycles. The summed E-state index contributed by atoms with van der Waals surface area (Å²) in [5.41, 5.74) is 0.881. The van der Waals surface area contributed by atoms with Crippen LogP contribution in [0.25, 0.3) is 10.8 Å². The molecule has 0 aliphatic rings. The Kier molecular flexibility index (Phi) is 4.58. The van der Waals surface area contributed by atoms with E-state index < -0.39 is 12.0 Å². The van der Waals surface area contributed by atoms with Gasteiger partial charge in [-0.1, -0.05) is 56.3 Å². The molecule has 4 heteroatoms. The fourth-order valence-electron chi connectivity index (χ4n) is 2.34. The minimum absolute atomic E-state index is 0.151. The van der Waals surface area contributed by atoms with Crippen LogP contribution in [-0.2, 0) is 16.0 Å². The fourth-order valence-corrected chi connectivity index (χ4v) is 2.34. The zero-order valence-electron chi connectivity index (χ0n) is 12.1. The minimum atomic E-state index is -1.25. The molecule has 2 rings (SSSR count). The molecule has 2 aromatic rings. The van der Waals surface area contributed by atoms with Gasteiger partial charge in [0.2, 0.25) is 5.91 Å². The molecule has 0 aliphatic carbocycles. The summed E-state index contributed by atoms with van der Waals surface area (Å²) in [5, 5.41) is 15.6. The number of carboxylic acid groups (broad SMARTS) is 1. The zero-order chi connectivity index (χ0) is 15.4. The van der Waals surface area contributed by atoms with Crippen molar-refractivity contribution < 1.29 is 14.7 Å². The highest BCUT2D eigenvalue weighted by Gasteiger charge is 2.17. The van der Waals surface area contributed by atoms with Crippen molar-refractivity contribution in [3.63, 3.8) is 0 Å². The van der Waals surface area contributed by atoms with Crippen LogP contribution in [0.1, 0.15) is 19.4 Å². The van der Waals surface area contributed by atoms with Gasteiger partial charge in [0.25, 0.3) is 0 Å². The van der Waals surface area contributed by atoms with Gasteiger partial charge in [-0.05, 0) is 22.3 Å². The normalized spacial score (nSPS) is 12.3. The van der Waals surface area contributed by atoms with E-state index in [0.717, 1.165) is 16.3 Å². The number of hydrogen-bond acceptors (Lipinski definition) is 3. The topological polar surface area (TPSA) is 69.2 Å². The minimum Gasteiger partial charge on any atom is -0.548 e. The summed E-state index contributed by atoms with van der Waals surface area (Å²) < 4.78 is 0. The molecule has 0 unspecified atom stereocenters. The van der Waals surface area contributed by atoms with E-state index in [4.69, 9.17) is 0 Å². The molecule has 1 atom stereocenters. The Labute approximate surface area is 123 Å². The van der Waals surface area contributed by atoms with Gasteiger partial charge in [-0.3, -0.25) is 4.79 Å². The predicted octanol–water partition coefficient (Wildman–Crippen LogP) is 1.27. The molecule has 0 saturated carbocycles. The Bertz CT molecular complexity index is 659. The molecule has 21 heavy (non-hydrogen) atoms. The number of amides is 1. The maximum absolute atomic E-state index is 12.1. The van der Waals surface area contributed by atoms with E-state index in [1.54, 1.807) is 13.8 Å². The standard InChI is InChI=1S/C17H19NO3/c1-11(2)16(17(20)21)18-15(19)10-13-8-5-7-12-6-3-4-9-14(12)13/h3-9,11,16H,10H2,1-2H3,(H,18,19)(H,20,21)/p-1/t16-/m0/s1. The first-order chi connectivity index (χ1) is 9.99. The number of rotatable bonds is 5. The van der Waals surface area contributed by atoms with E-state index in [1.807, 2.05) is 42.5 Å². The van der Waals surface area contributed by atoms with Gasteiger partial charge in [-0.15, -0.1) is 0 Å². The van der Waals surface area contributed by atoms with Crippen molar-refractivity contribution in [3.05, 3.63) is 48.0 Å². The molecule has 0 radical (unpaired) electrons. The van der Waals surface area contributed by atoms with E-state index in [2.05, 4.69) is 5.32 Å². The van der Waals surface area contributed by atoms with Crippen LogP contribution in [0.5, 0.6) is 0 Å². The van der Waals surface area contributed by atoms with Crippen molar-refractivity contribution in [3.8, 4) is 0 Å². The van der Waals surface area contributed by atoms with Crippen molar-refractivity contribution >= 4 is 22.6 Å². The van der Waals surface area contributed by atoms with Gasteiger partial charge in [0.1, 0.15) is 0 Å². The SMILES string of the molecule is CC(C)[C@H](NC(=O)Cc1cccc2ccccc12)C(=O)[O-]. The van der Waals surface area contributed by atoms with Gasteiger partial charge in [0, 0.05) is 0 Å². The Morgan fingerprint density at radius 1 is 1.10 bits per heavy atom. The van der Waals surface area contributed by atoms with Gasteiger partial charge in [0.05, 0.1) is 18.4 Å². The lowest BCUT2D eigenvalue weighted by Crippen LogP contribution is -2.51. The van der Waals surface area contributed by atoms with Crippen molar-refractivity contribution in [2.45, 2.75) is 26.3 Å². The van der Waals surface area contributed by atoms with Crippen LogP contribution >= 0.6 is 0 Å². The quantitative estimate of drug-likeness (QED) is 0.899. The lowest BCUT2D eigenvalue weighted by Gasteiger charge is -2.23. The third-order valence-corrected chi connectivity index (χ3v) is 3.47. The molecule has 2 aromatic carbocycles. The number of nitrogens with one attached hydrogen (secondary N) is 1. The van der Waals surface area contributed by atoms with Crippen molar-refractivity contribution in [1.82, 2.24) is 5.32 Å². The number of carbonyl (C=O) groups excluding carboxylic acids is 2. The molecule has 0 spiro atoms. The lowest BCUT2D eigenvalue weighted by molar-refractivity contribution is -0.309. The Balaban J connectivity index is 2.17. The van der Waals surface area contributed by atoms with E-state index >= 15 is 0 Å². The summed E-state index contributed by atoms with van der Waals surface area (Å²) in [5.74, 6) is -1.78. The molecule has 0 bridgehead atoms. The first-order valence-electron chi connectivity index (χ1n) is 6.96. The van der Waals surface area contributed by atoms with Crippen LogP contribution in [0.2, 0.25) is 0 Å². The van der Waals surface area contributed by atoms with E-state index in [-0.39, 0.29) is 18.2 Å². The lowest BCUT2D eigenvalue weighted by atomic mass is 10.0. The fraction of sp³-hybridized carbons (Fsp3) is 0.294. The van der Waals surface area contributed by atoms with Crippen molar-refractivity contribution in [2.24, 2.45) is 5.92 Å². The molecule has 1 amide bonds. The van der Waals surface area contributed by atoms with Crippen molar-refractivity contribution in [1.29, 1.82) is 0 Å². The molecule has 4 nitrogen and oxygen atoms in total. The number of benzene rings is 2. The molecule has 0 heterocycles. The average Bonchev–Trinajstić information content (AvgIpc) is 2.44. The Morgan fingerprint density at radius 3 is 2.43 bits per heavy atom. The second-order valence-corrected chi connectivity index (χ2v) is 5.42. The maximum atomic E-state index is 12.1. The summed E-state index contributed by atoms with van der Waals surface area (Å²) in [6.07, 6.45) is 0.151. The number of hydrogen-bond donors (Lipinski definition) is 1. The van der Waals surface area contributed by atoms with E-state index in [9.17, 15) is 14.7 Å². The highest BCUT2D eigenvalue weighted by molar-refractivity contribution is 5.91. The number of carboxylic acids is 1. The van der Waals surface area contributed by atoms with Crippen LogP contribution in [0.3, 0.4) is 0 Å². The van der Waals surface area contributed by atoms with Crippen LogP contribution in [0.4, 0.5) is 0 Å². The third-order valence-electron chi connectivity index (χ3n) is 3.47. The Morgan fingerprint density at radius 2 is 1.76 bits per heavy atom. The van der Waals surface area contributed by atoms with Crippen LogP contribution in [0.15, 0.2) is 42.5 Å². The summed E-state index contributed by atoms with van der Waals surface area (Å²) >= 11 is 0.